The van der Waals surface area contributed by atoms with E-state index in [9.17, 15) is 9.90 Å². The van der Waals surface area contributed by atoms with E-state index in [1.807, 2.05) is 6.92 Å². The highest BCUT2D eigenvalue weighted by atomic mass is 16.7. The molecule has 2 heterocycles. The second-order valence-corrected chi connectivity index (χ2v) is 12.6. The summed E-state index contributed by atoms with van der Waals surface area (Å²) in [5, 5.41) is 11.2. The van der Waals surface area contributed by atoms with Crippen LogP contribution in [0.2, 0.25) is 0 Å². The Hall–Kier alpha value is -1.77. The summed E-state index contributed by atoms with van der Waals surface area (Å²) >= 11 is 0. The van der Waals surface area contributed by atoms with Crippen molar-refractivity contribution in [2.45, 2.75) is 141 Å². The third-order valence-electron chi connectivity index (χ3n) is 9.16. The van der Waals surface area contributed by atoms with Gasteiger partial charge in [-0.25, -0.2) is 0 Å². The molecule has 43 heavy (non-hydrogen) atoms. The van der Waals surface area contributed by atoms with Gasteiger partial charge < -0.3 is 28.8 Å². The molecule has 0 spiro atoms. The van der Waals surface area contributed by atoms with Crippen LogP contribution in [0.4, 0.5) is 0 Å². The molecule has 1 aromatic rings. The van der Waals surface area contributed by atoms with Crippen molar-refractivity contribution < 1.29 is 33.6 Å². The molecule has 2 unspecified atom stereocenters. The average Bonchev–Trinajstić information content (AvgIpc) is 3.33. The summed E-state index contributed by atoms with van der Waals surface area (Å²) in [5.74, 6) is 0.235. The summed E-state index contributed by atoms with van der Waals surface area (Å²) in [4.78, 5) is 11.8. The van der Waals surface area contributed by atoms with E-state index in [0.29, 0.717) is 19.4 Å². The average molecular weight is 601 g/mol. The standard InChI is InChI=1S/C36H56O7/c1-2-24-39-34(38)17-9-4-3-8-16-30-31(33(27-32(30)37)43-36-19-11-13-26-41-36)23-22-29(42-35-18-10-12-25-40-35)21-20-28-14-6-5-7-15-28/h3,5-8,14-15,29-33,35-37H,2,4,9-13,16-27H2,1H3/b8-3-/t29-,30+,31+,32-,33+,35?,36?/m0/s1. The van der Waals surface area contributed by atoms with Gasteiger partial charge in [0.25, 0.3) is 0 Å². The molecule has 1 aromatic carbocycles. The van der Waals surface area contributed by atoms with Crippen molar-refractivity contribution in [1.29, 1.82) is 0 Å². The molecule has 0 aromatic heterocycles. The second-order valence-electron chi connectivity index (χ2n) is 12.6. The molecular weight excluding hydrogens is 544 g/mol. The van der Waals surface area contributed by atoms with Crippen molar-refractivity contribution in [2.24, 2.45) is 11.8 Å². The second kappa shape index (κ2) is 19.6. The van der Waals surface area contributed by atoms with Gasteiger partial charge in [0.1, 0.15) is 0 Å². The quantitative estimate of drug-likeness (QED) is 0.108. The van der Waals surface area contributed by atoms with Gasteiger partial charge in [-0.2, -0.15) is 0 Å². The first-order valence-corrected chi connectivity index (χ1v) is 17.2. The predicted octanol–water partition coefficient (Wildman–Crippen LogP) is 7.29. The number of hydrogen-bond acceptors (Lipinski definition) is 7. The Balaban J connectivity index is 1.36. The van der Waals surface area contributed by atoms with Gasteiger partial charge in [0.05, 0.1) is 24.9 Å². The number of allylic oxidation sites excluding steroid dienone is 2. The lowest BCUT2D eigenvalue weighted by molar-refractivity contribution is -0.200. The molecule has 7 heteroatoms. The number of hydrogen-bond donors (Lipinski definition) is 1. The van der Waals surface area contributed by atoms with Gasteiger partial charge in [-0.05, 0) is 107 Å². The molecule has 2 aliphatic heterocycles. The smallest absolute Gasteiger partial charge is 0.305 e. The number of carbonyl (C=O) groups excluding carboxylic acids is 1. The summed E-state index contributed by atoms with van der Waals surface area (Å²) in [6.45, 7) is 4.02. The van der Waals surface area contributed by atoms with Crippen LogP contribution in [0.15, 0.2) is 42.5 Å². The van der Waals surface area contributed by atoms with E-state index in [1.165, 1.54) is 5.56 Å². The first-order valence-electron chi connectivity index (χ1n) is 17.2. The zero-order chi connectivity index (χ0) is 30.1. The molecule has 0 bridgehead atoms. The minimum atomic E-state index is -0.405. The van der Waals surface area contributed by atoms with Crippen LogP contribution in [-0.2, 0) is 34.9 Å². The monoisotopic (exact) mass is 600 g/mol. The fourth-order valence-electron chi connectivity index (χ4n) is 6.74. The summed E-state index contributed by atoms with van der Waals surface area (Å²) in [6, 6.07) is 10.6. The van der Waals surface area contributed by atoms with Crippen LogP contribution in [0, 0.1) is 11.8 Å². The highest BCUT2D eigenvalue weighted by Crippen LogP contribution is 2.41. The molecule has 3 fully saturated rings. The molecule has 0 radical (unpaired) electrons. The molecule has 2 saturated heterocycles. The molecule has 1 aliphatic carbocycles. The first-order chi connectivity index (χ1) is 21.1. The molecule has 1 N–H and O–H groups in total. The molecule has 1 saturated carbocycles. The van der Waals surface area contributed by atoms with Crippen molar-refractivity contribution in [2.75, 3.05) is 19.8 Å². The number of aliphatic hydroxyl groups excluding tert-OH is 1. The number of carbonyl (C=O) groups is 1. The van der Waals surface area contributed by atoms with E-state index < -0.39 is 6.10 Å². The number of esters is 1. The third-order valence-corrected chi connectivity index (χ3v) is 9.16. The molecule has 4 rings (SSSR count). The maximum absolute atomic E-state index is 11.8. The van der Waals surface area contributed by atoms with E-state index in [4.69, 9.17) is 23.7 Å². The minimum absolute atomic E-state index is 0.0226. The largest absolute Gasteiger partial charge is 0.466 e. The molecule has 3 aliphatic rings. The van der Waals surface area contributed by atoms with E-state index >= 15 is 0 Å². The number of aliphatic hydroxyl groups is 1. The maximum Gasteiger partial charge on any atom is 0.305 e. The molecular formula is C36H56O7. The van der Waals surface area contributed by atoms with Crippen LogP contribution in [0.3, 0.4) is 0 Å². The Bertz CT molecular complexity index is 909. The fourth-order valence-corrected chi connectivity index (χ4v) is 6.74. The normalized spacial score (nSPS) is 28.7. The van der Waals surface area contributed by atoms with Crippen LogP contribution < -0.4 is 0 Å². The summed E-state index contributed by atoms with van der Waals surface area (Å²) in [7, 11) is 0. The Morgan fingerprint density at radius 3 is 2.49 bits per heavy atom. The Morgan fingerprint density at radius 2 is 1.77 bits per heavy atom. The van der Waals surface area contributed by atoms with Gasteiger partial charge in [0.15, 0.2) is 12.6 Å². The van der Waals surface area contributed by atoms with E-state index in [2.05, 4.69) is 42.5 Å². The van der Waals surface area contributed by atoms with Crippen molar-refractivity contribution >= 4 is 5.97 Å². The summed E-state index contributed by atoms with van der Waals surface area (Å²) < 4.78 is 30.2. The van der Waals surface area contributed by atoms with Crippen LogP contribution >= 0.6 is 0 Å². The van der Waals surface area contributed by atoms with E-state index in [1.54, 1.807) is 0 Å². The van der Waals surface area contributed by atoms with Gasteiger partial charge in [-0.3, -0.25) is 4.79 Å². The van der Waals surface area contributed by atoms with Crippen LogP contribution in [0.5, 0.6) is 0 Å². The van der Waals surface area contributed by atoms with E-state index in [-0.39, 0.29) is 42.6 Å². The summed E-state index contributed by atoms with van der Waals surface area (Å²) in [6.07, 6.45) is 18.2. The third kappa shape index (κ3) is 12.3. The minimum Gasteiger partial charge on any atom is -0.466 e. The van der Waals surface area contributed by atoms with E-state index in [0.717, 1.165) is 103 Å². The number of unbranched alkanes of at least 4 members (excludes halogenated alkanes) is 1. The van der Waals surface area contributed by atoms with Crippen molar-refractivity contribution in [3.8, 4) is 0 Å². The maximum atomic E-state index is 11.8. The zero-order valence-electron chi connectivity index (χ0n) is 26.4. The van der Waals surface area contributed by atoms with Crippen molar-refractivity contribution in [3.63, 3.8) is 0 Å². The number of ether oxygens (including phenoxy) is 5. The SMILES string of the molecule is CCCOC(=O)CCC/C=C\C[C@@H]1[C@@H](CC[C@H](CCc2ccccc2)OC2CCCCO2)[C@H](OC2CCCCO2)C[C@@H]1O. The molecule has 0 amide bonds. The number of benzene rings is 1. The fraction of sp³-hybridized carbons (Fsp3) is 0.750. The van der Waals surface area contributed by atoms with Gasteiger partial charge in [0, 0.05) is 26.1 Å². The number of aryl methyl sites for hydroxylation is 1. The van der Waals surface area contributed by atoms with Crippen molar-refractivity contribution in [1.82, 2.24) is 0 Å². The highest BCUT2D eigenvalue weighted by Gasteiger charge is 2.43. The highest BCUT2D eigenvalue weighted by molar-refractivity contribution is 5.69. The molecule has 242 valence electrons. The Kier molecular flexibility index (Phi) is 15.5. The molecule has 7 nitrogen and oxygen atoms in total. The predicted molar refractivity (Wildman–Crippen MR) is 167 cm³/mol. The van der Waals surface area contributed by atoms with Gasteiger partial charge in [-0.15, -0.1) is 0 Å². The summed E-state index contributed by atoms with van der Waals surface area (Å²) in [5.41, 5.74) is 1.33. The zero-order valence-corrected chi connectivity index (χ0v) is 26.4. The van der Waals surface area contributed by atoms with Gasteiger partial charge in [-0.1, -0.05) is 49.4 Å². The molecule has 7 atom stereocenters. The Labute approximate surface area is 259 Å². The number of rotatable bonds is 18. The lowest BCUT2D eigenvalue weighted by atomic mass is 9.85. The first kappa shape index (κ1) is 34.1. The van der Waals surface area contributed by atoms with Gasteiger partial charge >= 0.3 is 5.97 Å². The van der Waals surface area contributed by atoms with Crippen LogP contribution in [-0.4, -0.2) is 61.8 Å². The van der Waals surface area contributed by atoms with Crippen LogP contribution in [0.25, 0.3) is 0 Å². The Morgan fingerprint density at radius 1 is 1.00 bits per heavy atom. The lowest BCUT2D eigenvalue weighted by Gasteiger charge is -2.32. The topological polar surface area (TPSA) is 83.5 Å². The van der Waals surface area contributed by atoms with Crippen LogP contribution in [0.1, 0.15) is 109 Å². The van der Waals surface area contributed by atoms with Gasteiger partial charge in [0.2, 0.25) is 0 Å². The van der Waals surface area contributed by atoms with Crippen molar-refractivity contribution in [3.05, 3.63) is 48.0 Å². The lowest BCUT2D eigenvalue weighted by Crippen LogP contribution is -2.33.